The van der Waals surface area contributed by atoms with E-state index in [0.717, 1.165) is 17.0 Å². The first-order chi connectivity index (χ1) is 19.7. The number of nitrogens with zero attached hydrogens (tertiary/aromatic N) is 4. The van der Waals surface area contributed by atoms with Crippen LogP contribution in [0.4, 0.5) is 29.7 Å². The molecule has 4 N–H and O–H groups in total. The summed E-state index contributed by atoms with van der Waals surface area (Å²) >= 11 is 0. The lowest BCUT2D eigenvalue weighted by molar-refractivity contribution is -0.122. The number of ether oxygens (including phenoxy) is 2. The highest BCUT2D eigenvalue weighted by atomic mass is 19.1. The van der Waals surface area contributed by atoms with Crippen LogP contribution in [0.1, 0.15) is 24.3 Å². The topological polar surface area (TPSA) is 168 Å². The first kappa shape index (κ1) is 29.0. The molecular weight excluding hydrogens is 546 g/mol. The number of imidazole rings is 1. The van der Waals surface area contributed by atoms with E-state index in [1.54, 1.807) is 23.6 Å². The molecular formula is C25H28F2N8O6. The van der Waals surface area contributed by atoms with Crippen LogP contribution in [0, 0.1) is 11.6 Å². The van der Waals surface area contributed by atoms with Gasteiger partial charge in [0, 0.05) is 43.8 Å². The Morgan fingerprint density at radius 3 is 2.66 bits per heavy atom. The Bertz CT molecular complexity index is 1390. The number of hydrogen-bond donors (Lipinski definition) is 4. The lowest BCUT2D eigenvalue weighted by Gasteiger charge is -2.17. The van der Waals surface area contributed by atoms with Crippen LogP contribution in [0.25, 0.3) is 5.78 Å². The molecule has 1 aromatic carbocycles. The highest BCUT2D eigenvalue weighted by Gasteiger charge is 2.33. The molecule has 3 heterocycles. The van der Waals surface area contributed by atoms with Crippen LogP contribution in [0.5, 0.6) is 0 Å². The number of nitrogens with one attached hydrogen (secondary N) is 4. The number of hydrogen-bond acceptors (Lipinski definition) is 9. The third-order valence-electron chi connectivity index (χ3n) is 5.90. The van der Waals surface area contributed by atoms with E-state index in [9.17, 15) is 28.0 Å². The van der Waals surface area contributed by atoms with Crippen molar-refractivity contribution in [1.82, 2.24) is 30.3 Å². The van der Waals surface area contributed by atoms with Crippen LogP contribution in [0.15, 0.2) is 36.8 Å². The summed E-state index contributed by atoms with van der Waals surface area (Å²) in [7, 11) is 0. The number of halogens is 2. The van der Waals surface area contributed by atoms with Crippen molar-refractivity contribution >= 4 is 41.2 Å². The number of rotatable bonds is 11. The SMILES string of the molecule is CCOC(=O)NCC1CN(c2cc(F)c(NCCNC(=O)[C@H](C)NC(=O)c3cn4cccnc4n3)c(F)c2)C(=O)O1. The van der Waals surface area contributed by atoms with Crippen LogP contribution in [0.2, 0.25) is 0 Å². The first-order valence-corrected chi connectivity index (χ1v) is 12.7. The predicted molar refractivity (Wildman–Crippen MR) is 140 cm³/mol. The predicted octanol–water partition coefficient (Wildman–Crippen LogP) is 1.43. The fourth-order valence-electron chi connectivity index (χ4n) is 3.90. The highest BCUT2D eigenvalue weighted by molar-refractivity contribution is 5.96. The minimum absolute atomic E-state index is 0.00838. The Labute approximate surface area is 232 Å². The van der Waals surface area contributed by atoms with Gasteiger partial charge in [0.15, 0.2) is 11.6 Å². The summed E-state index contributed by atoms with van der Waals surface area (Å²) in [4.78, 5) is 57.6. The average Bonchev–Trinajstić information content (AvgIpc) is 3.54. The molecule has 2 aromatic heterocycles. The number of carbonyl (C=O) groups excluding carboxylic acids is 4. The van der Waals surface area contributed by atoms with Gasteiger partial charge in [0.05, 0.1) is 25.4 Å². The fourth-order valence-corrected chi connectivity index (χ4v) is 3.90. The van der Waals surface area contributed by atoms with E-state index >= 15 is 0 Å². The molecule has 16 heteroatoms. The van der Waals surface area contributed by atoms with Crippen molar-refractivity contribution in [3.63, 3.8) is 0 Å². The van der Waals surface area contributed by atoms with Crippen molar-refractivity contribution in [3.05, 3.63) is 54.1 Å². The maximum absolute atomic E-state index is 14.7. The molecule has 1 aliphatic rings. The largest absolute Gasteiger partial charge is 0.450 e. The van der Waals surface area contributed by atoms with Crippen molar-refractivity contribution in [3.8, 4) is 0 Å². The number of fused-ring (bicyclic) bond motifs is 1. The van der Waals surface area contributed by atoms with Gasteiger partial charge in [0.25, 0.3) is 5.91 Å². The van der Waals surface area contributed by atoms with Gasteiger partial charge < -0.3 is 30.7 Å². The first-order valence-electron chi connectivity index (χ1n) is 12.7. The van der Waals surface area contributed by atoms with Crippen molar-refractivity contribution < 1.29 is 37.4 Å². The van der Waals surface area contributed by atoms with Gasteiger partial charge in [-0.2, -0.15) is 0 Å². The van der Waals surface area contributed by atoms with Gasteiger partial charge in [-0.05, 0) is 19.9 Å². The number of amides is 4. The Kier molecular flexibility index (Phi) is 9.11. The highest BCUT2D eigenvalue weighted by Crippen LogP contribution is 2.28. The number of alkyl carbamates (subject to hydrolysis) is 1. The third-order valence-corrected chi connectivity index (χ3v) is 5.90. The van der Waals surface area contributed by atoms with Crippen molar-refractivity contribution in [2.75, 3.05) is 43.0 Å². The van der Waals surface area contributed by atoms with Gasteiger partial charge in [-0.1, -0.05) is 0 Å². The molecule has 1 saturated heterocycles. The number of benzene rings is 1. The minimum Gasteiger partial charge on any atom is -0.450 e. The van der Waals surface area contributed by atoms with E-state index in [-0.39, 0.29) is 44.2 Å². The van der Waals surface area contributed by atoms with Crippen LogP contribution in [-0.4, -0.2) is 83.3 Å². The monoisotopic (exact) mass is 574 g/mol. The molecule has 0 aliphatic carbocycles. The molecule has 0 saturated carbocycles. The van der Waals surface area contributed by atoms with Crippen molar-refractivity contribution in [2.45, 2.75) is 26.0 Å². The molecule has 0 bridgehead atoms. The standard InChI is InChI=1S/C25H28F2N8O6/c1-3-40-24(38)31-11-16-12-35(25(39)41-16)15-9-17(26)20(18(27)10-15)28-6-7-29-21(36)14(2)32-22(37)19-13-34-8-4-5-30-23(34)33-19/h4-5,8-10,13-14,16,28H,3,6-7,11-12H2,1-2H3,(H,29,36)(H,31,38)(H,32,37)/t14-,16?/m0/s1. The van der Waals surface area contributed by atoms with Gasteiger partial charge in [-0.25, -0.2) is 28.3 Å². The quantitative estimate of drug-likeness (QED) is 0.248. The second-order valence-corrected chi connectivity index (χ2v) is 8.87. The molecule has 3 aromatic rings. The van der Waals surface area contributed by atoms with E-state index in [0.29, 0.717) is 5.78 Å². The molecule has 4 amide bonds. The van der Waals surface area contributed by atoms with Gasteiger partial charge in [-0.3, -0.25) is 18.9 Å². The molecule has 0 radical (unpaired) electrons. The smallest absolute Gasteiger partial charge is 0.414 e. The third kappa shape index (κ3) is 7.14. The molecule has 218 valence electrons. The van der Waals surface area contributed by atoms with Crippen LogP contribution in [-0.2, 0) is 14.3 Å². The summed E-state index contributed by atoms with van der Waals surface area (Å²) in [5.41, 5.74) is -0.420. The average molecular weight is 575 g/mol. The van der Waals surface area contributed by atoms with Crippen LogP contribution < -0.4 is 26.2 Å². The zero-order valence-corrected chi connectivity index (χ0v) is 22.1. The zero-order chi connectivity index (χ0) is 29.5. The van der Waals surface area contributed by atoms with E-state index in [1.807, 2.05) is 0 Å². The van der Waals surface area contributed by atoms with Crippen LogP contribution >= 0.6 is 0 Å². The van der Waals surface area contributed by atoms with Crippen molar-refractivity contribution in [1.29, 1.82) is 0 Å². The fraction of sp³-hybridized carbons (Fsp3) is 0.360. The van der Waals surface area contributed by atoms with Gasteiger partial charge in [0.1, 0.15) is 23.5 Å². The molecule has 1 aliphatic heterocycles. The summed E-state index contributed by atoms with van der Waals surface area (Å²) < 4.78 is 40.9. The molecule has 1 unspecified atom stereocenters. The maximum atomic E-state index is 14.7. The molecule has 4 rings (SSSR count). The van der Waals surface area contributed by atoms with E-state index in [1.165, 1.54) is 19.3 Å². The molecule has 14 nitrogen and oxygen atoms in total. The zero-order valence-electron chi connectivity index (χ0n) is 22.1. The molecule has 1 fully saturated rings. The molecule has 2 atom stereocenters. The number of carbonyl (C=O) groups is 4. The summed E-state index contributed by atoms with van der Waals surface area (Å²) in [5, 5.41) is 10.1. The summed E-state index contributed by atoms with van der Waals surface area (Å²) in [5.74, 6) is -2.67. The van der Waals surface area contributed by atoms with E-state index < -0.39 is 53.5 Å². The summed E-state index contributed by atoms with van der Waals surface area (Å²) in [6.07, 6.45) is 2.47. The van der Waals surface area contributed by atoms with Gasteiger partial charge in [-0.15, -0.1) is 0 Å². The number of anilines is 2. The van der Waals surface area contributed by atoms with E-state index in [2.05, 4.69) is 31.2 Å². The Balaban J connectivity index is 1.24. The Hall–Kier alpha value is -5.02. The Morgan fingerprint density at radius 2 is 1.95 bits per heavy atom. The summed E-state index contributed by atoms with van der Waals surface area (Å²) in [6.45, 7) is 3.18. The normalized spacial score (nSPS) is 15.3. The second kappa shape index (κ2) is 12.9. The summed E-state index contributed by atoms with van der Waals surface area (Å²) in [6, 6.07) is 2.71. The molecule has 41 heavy (non-hydrogen) atoms. The maximum Gasteiger partial charge on any atom is 0.414 e. The Morgan fingerprint density at radius 1 is 1.20 bits per heavy atom. The number of cyclic esters (lactones) is 1. The van der Waals surface area contributed by atoms with Gasteiger partial charge >= 0.3 is 12.2 Å². The van der Waals surface area contributed by atoms with Crippen molar-refractivity contribution in [2.24, 2.45) is 0 Å². The van der Waals surface area contributed by atoms with Crippen LogP contribution in [0.3, 0.4) is 0 Å². The van der Waals surface area contributed by atoms with Gasteiger partial charge in [0.2, 0.25) is 11.7 Å². The van der Waals surface area contributed by atoms with E-state index in [4.69, 9.17) is 9.47 Å². The second-order valence-electron chi connectivity index (χ2n) is 8.87. The minimum atomic E-state index is -0.963. The molecule has 0 spiro atoms. The number of aromatic nitrogens is 3. The lowest BCUT2D eigenvalue weighted by Crippen LogP contribution is -2.46. The lowest BCUT2D eigenvalue weighted by atomic mass is 10.2.